The molecule has 1 aliphatic rings. The minimum absolute atomic E-state index is 0.194. The first-order valence-electron chi connectivity index (χ1n) is 7.96. The molecule has 0 saturated carbocycles. The zero-order valence-electron chi connectivity index (χ0n) is 13.0. The number of aliphatic hydroxyl groups excluding tert-OH is 1. The molecule has 2 aromatic rings. The van der Waals surface area contributed by atoms with Crippen LogP contribution in [0.3, 0.4) is 0 Å². The molecule has 0 aliphatic carbocycles. The van der Waals surface area contributed by atoms with Crippen molar-refractivity contribution in [1.29, 1.82) is 0 Å². The molecule has 116 valence electrons. The van der Waals surface area contributed by atoms with E-state index in [1.165, 1.54) is 11.1 Å². The van der Waals surface area contributed by atoms with Crippen LogP contribution in [-0.4, -0.2) is 18.3 Å². The summed E-state index contributed by atoms with van der Waals surface area (Å²) in [6.45, 7) is 3.07. The van der Waals surface area contributed by atoms with Gasteiger partial charge >= 0.3 is 0 Å². The zero-order chi connectivity index (χ0) is 15.4. The molecule has 3 rings (SSSR count). The molecule has 0 amide bonds. The van der Waals surface area contributed by atoms with Crippen molar-refractivity contribution in [1.82, 2.24) is 0 Å². The smallest absolute Gasteiger partial charge is 0.124 e. The lowest BCUT2D eigenvalue weighted by Gasteiger charge is -2.20. The quantitative estimate of drug-likeness (QED) is 0.900. The van der Waals surface area contributed by atoms with Crippen molar-refractivity contribution in [3.63, 3.8) is 0 Å². The number of hydrogen-bond donors (Lipinski definition) is 2. The SMILES string of the molecule is Cc1ccc2c(c1)OCCCC2Nc1ccc(CCO)cc1. The number of aliphatic hydroxyl groups is 1. The van der Waals surface area contributed by atoms with Crippen molar-refractivity contribution >= 4 is 5.69 Å². The molecular formula is C19H23NO2. The number of hydrogen-bond acceptors (Lipinski definition) is 3. The second-order valence-corrected chi connectivity index (χ2v) is 5.90. The molecule has 2 aromatic carbocycles. The van der Waals surface area contributed by atoms with Gasteiger partial charge in [0.25, 0.3) is 0 Å². The summed E-state index contributed by atoms with van der Waals surface area (Å²) < 4.78 is 5.88. The maximum Gasteiger partial charge on any atom is 0.124 e. The van der Waals surface area contributed by atoms with Gasteiger partial charge in [0.1, 0.15) is 5.75 Å². The Kier molecular flexibility index (Phi) is 4.64. The second-order valence-electron chi connectivity index (χ2n) is 5.90. The highest BCUT2D eigenvalue weighted by Crippen LogP contribution is 2.34. The topological polar surface area (TPSA) is 41.5 Å². The number of nitrogens with one attached hydrogen (secondary N) is 1. The van der Waals surface area contributed by atoms with E-state index in [0.29, 0.717) is 6.42 Å². The van der Waals surface area contributed by atoms with Gasteiger partial charge in [0.2, 0.25) is 0 Å². The van der Waals surface area contributed by atoms with E-state index in [2.05, 4.69) is 54.7 Å². The lowest BCUT2D eigenvalue weighted by molar-refractivity contribution is 0.299. The Morgan fingerprint density at radius 3 is 2.77 bits per heavy atom. The fourth-order valence-electron chi connectivity index (χ4n) is 2.93. The Balaban J connectivity index is 1.79. The molecular weight excluding hydrogens is 274 g/mol. The molecule has 0 saturated heterocycles. The van der Waals surface area contributed by atoms with Gasteiger partial charge in [-0.2, -0.15) is 0 Å². The fraction of sp³-hybridized carbons (Fsp3) is 0.368. The van der Waals surface area contributed by atoms with Crippen LogP contribution in [0.15, 0.2) is 42.5 Å². The Hall–Kier alpha value is -2.00. The maximum atomic E-state index is 8.98. The standard InChI is InChI=1S/C19H23NO2/c1-14-4-9-17-18(3-2-12-22-19(17)13-14)20-16-7-5-15(6-8-16)10-11-21/h4-9,13,18,20-21H,2-3,10-12H2,1H3. The van der Waals surface area contributed by atoms with Crippen LogP contribution in [0.4, 0.5) is 5.69 Å². The summed E-state index contributed by atoms with van der Waals surface area (Å²) in [4.78, 5) is 0. The summed E-state index contributed by atoms with van der Waals surface area (Å²) in [5, 5.41) is 12.6. The maximum absolute atomic E-state index is 8.98. The summed E-state index contributed by atoms with van der Waals surface area (Å²) in [5.41, 5.74) is 4.74. The largest absolute Gasteiger partial charge is 0.493 e. The number of fused-ring (bicyclic) bond motifs is 1. The molecule has 0 fully saturated rings. The van der Waals surface area contributed by atoms with Crippen LogP contribution in [0.5, 0.6) is 5.75 Å². The molecule has 1 unspecified atom stereocenters. The minimum Gasteiger partial charge on any atom is -0.493 e. The molecule has 3 heteroatoms. The number of rotatable bonds is 4. The van der Waals surface area contributed by atoms with E-state index in [0.717, 1.165) is 36.4 Å². The van der Waals surface area contributed by atoms with Crippen molar-refractivity contribution in [2.24, 2.45) is 0 Å². The summed E-state index contributed by atoms with van der Waals surface area (Å²) in [6, 6.07) is 15.0. The third-order valence-corrected chi connectivity index (χ3v) is 4.13. The highest BCUT2D eigenvalue weighted by atomic mass is 16.5. The molecule has 1 atom stereocenters. The van der Waals surface area contributed by atoms with Crippen molar-refractivity contribution in [3.8, 4) is 5.75 Å². The van der Waals surface area contributed by atoms with E-state index in [4.69, 9.17) is 9.84 Å². The van der Waals surface area contributed by atoms with Gasteiger partial charge in [-0.3, -0.25) is 0 Å². The van der Waals surface area contributed by atoms with Crippen molar-refractivity contribution in [2.45, 2.75) is 32.2 Å². The summed E-state index contributed by atoms with van der Waals surface area (Å²) >= 11 is 0. The van der Waals surface area contributed by atoms with Crippen LogP contribution in [-0.2, 0) is 6.42 Å². The Morgan fingerprint density at radius 2 is 2.00 bits per heavy atom. The van der Waals surface area contributed by atoms with Gasteiger partial charge in [-0.25, -0.2) is 0 Å². The molecule has 0 spiro atoms. The van der Waals surface area contributed by atoms with Gasteiger partial charge in [-0.15, -0.1) is 0 Å². The summed E-state index contributed by atoms with van der Waals surface area (Å²) in [5.74, 6) is 1.01. The van der Waals surface area contributed by atoms with Crippen molar-refractivity contribution in [3.05, 3.63) is 59.2 Å². The average molecular weight is 297 g/mol. The first-order valence-corrected chi connectivity index (χ1v) is 7.96. The summed E-state index contributed by atoms with van der Waals surface area (Å²) in [6.07, 6.45) is 2.82. The molecule has 0 aromatic heterocycles. The first-order chi connectivity index (χ1) is 10.8. The van der Waals surface area contributed by atoms with Gasteiger partial charge in [-0.05, 0) is 55.5 Å². The van der Waals surface area contributed by atoms with Crippen molar-refractivity contribution < 1.29 is 9.84 Å². The molecule has 1 aliphatic heterocycles. The van der Waals surface area contributed by atoms with Crippen LogP contribution < -0.4 is 10.1 Å². The van der Waals surface area contributed by atoms with E-state index in [-0.39, 0.29) is 12.6 Å². The van der Waals surface area contributed by atoms with E-state index >= 15 is 0 Å². The Labute approximate surface area is 131 Å². The van der Waals surface area contributed by atoms with Gasteiger partial charge in [0, 0.05) is 17.9 Å². The van der Waals surface area contributed by atoms with Crippen LogP contribution in [0.25, 0.3) is 0 Å². The number of benzene rings is 2. The van der Waals surface area contributed by atoms with Gasteiger partial charge < -0.3 is 15.2 Å². The minimum atomic E-state index is 0.194. The summed E-state index contributed by atoms with van der Waals surface area (Å²) in [7, 11) is 0. The van der Waals surface area contributed by atoms with E-state index in [1.54, 1.807) is 0 Å². The molecule has 1 heterocycles. The fourth-order valence-corrected chi connectivity index (χ4v) is 2.93. The highest BCUT2D eigenvalue weighted by molar-refractivity contribution is 5.49. The zero-order valence-corrected chi connectivity index (χ0v) is 13.0. The van der Waals surface area contributed by atoms with E-state index in [1.807, 2.05) is 0 Å². The third-order valence-electron chi connectivity index (χ3n) is 4.13. The molecule has 22 heavy (non-hydrogen) atoms. The van der Waals surface area contributed by atoms with Gasteiger partial charge in [0.05, 0.1) is 12.6 Å². The van der Waals surface area contributed by atoms with Gasteiger partial charge in [0.15, 0.2) is 0 Å². The molecule has 3 nitrogen and oxygen atoms in total. The Bertz CT molecular complexity index is 622. The molecule has 0 radical (unpaired) electrons. The van der Waals surface area contributed by atoms with Crippen LogP contribution in [0.1, 0.15) is 35.6 Å². The van der Waals surface area contributed by atoms with E-state index in [9.17, 15) is 0 Å². The van der Waals surface area contributed by atoms with Crippen LogP contribution in [0.2, 0.25) is 0 Å². The monoisotopic (exact) mass is 297 g/mol. The van der Waals surface area contributed by atoms with Crippen LogP contribution >= 0.6 is 0 Å². The lowest BCUT2D eigenvalue weighted by atomic mass is 10.00. The molecule has 2 N–H and O–H groups in total. The van der Waals surface area contributed by atoms with Crippen LogP contribution in [0, 0.1) is 6.92 Å². The number of aryl methyl sites for hydroxylation is 1. The lowest BCUT2D eigenvalue weighted by Crippen LogP contribution is -2.10. The average Bonchev–Trinajstić information content (AvgIpc) is 2.71. The molecule has 0 bridgehead atoms. The number of anilines is 1. The van der Waals surface area contributed by atoms with Crippen molar-refractivity contribution in [2.75, 3.05) is 18.5 Å². The predicted octanol–water partition coefficient (Wildman–Crippen LogP) is 3.86. The third kappa shape index (κ3) is 3.42. The number of ether oxygens (including phenoxy) is 1. The van der Waals surface area contributed by atoms with Gasteiger partial charge in [-0.1, -0.05) is 24.3 Å². The van der Waals surface area contributed by atoms with E-state index < -0.39 is 0 Å². The highest BCUT2D eigenvalue weighted by Gasteiger charge is 2.19. The second kappa shape index (κ2) is 6.84. The Morgan fingerprint density at radius 1 is 1.18 bits per heavy atom. The normalized spacial score (nSPS) is 17.3. The first kappa shape index (κ1) is 14.9. The predicted molar refractivity (Wildman–Crippen MR) is 89.5 cm³/mol.